The van der Waals surface area contributed by atoms with Gasteiger partial charge < -0.3 is 5.73 Å². The van der Waals surface area contributed by atoms with E-state index in [1.807, 2.05) is 6.08 Å². The van der Waals surface area contributed by atoms with Crippen molar-refractivity contribution in [3.63, 3.8) is 0 Å². The topological polar surface area (TPSA) is 26.0 Å². The first kappa shape index (κ1) is 18.2. The molecule has 1 nitrogen and oxygen atoms in total. The second-order valence-corrected chi connectivity index (χ2v) is 6.81. The molecule has 22 heavy (non-hydrogen) atoms. The van der Waals surface area contributed by atoms with Crippen LogP contribution in [-0.4, -0.2) is 6.54 Å². The van der Waals surface area contributed by atoms with Gasteiger partial charge in [-0.05, 0) is 47.0 Å². The number of nitrogens with two attached hydrogens (primary N) is 1. The highest BCUT2D eigenvalue weighted by Crippen LogP contribution is 2.35. The molecule has 2 N–H and O–H groups in total. The fourth-order valence-corrected chi connectivity index (χ4v) is 3.07. The Morgan fingerprint density at radius 2 is 1.18 bits per heavy atom. The Morgan fingerprint density at radius 1 is 0.773 bits per heavy atom. The Balaban J connectivity index is 2.52. The second-order valence-electron chi connectivity index (χ2n) is 4.43. The summed E-state index contributed by atoms with van der Waals surface area (Å²) < 4.78 is 0. The molecule has 0 heterocycles. The average Bonchev–Trinajstić information content (AvgIpc) is 2.47. The van der Waals surface area contributed by atoms with Crippen molar-refractivity contribution in [1.82, 2.24) is 0 Å². The highest BCUT2D eigenvalue weighted by molar-refractivity contribution is 6.48. The van der Waals surface area contributed by atoms with E-state index in [4.69, 9.17) is 75.3 Å². The summed E-state index contributed by atoms with van der Waals surface area (Å²) in [6.45, 7) is 0.270. The van der Waals surface area contributed by atoms with Crippen LogP contribution in [0.2, 0.25) is 30.1 Å². The van der Waals surface area contributed by atoms with Crippen LogP contribution in [0.1, 0.15) is 11.1 Å². The molecule has 0 amide bonds. The Kier molecular flexibility index (Phi) is 6.32. The largest absolute Gasteiger partial charge is 0.326 e. The molecule has 0 saturated heterocycles. The highest BCUT2D eigenvalue weighted by Gasteiger charge is 2.10. The van der Waals surface area contributed by atoms with E-state index in [-0.39, 0.29) is 6.54 Å². The quantitative estimate of drug-likeness (QED) is 0.419. The number of hydrogen-bond acceptors (Lipinski definition) is 1. The molecular formula is C15H9Cl6N. The maximum Gasteiger partial charge on any atom is 0.0778 e. The van der Waals surface area contributed by atoms with Gasteiger partial charge in [0.25, 0.3) is 0 Å². The number of halogens is 6. The van der Waals surface area contributed by atoms with E-state index in [1.165, 1.54) is 0 Å². The molecule has 0 aliphatic carbocycles. The monoisotopic (exact) mass is 413 g/mol. The standard InChI is InChI=1S/C15H9Cl6N/c16-10-2-7(3-11(17)14(10)20)1-9(6-22)8-4-12(18)15(21)13(19)5-8/h1-5H,6,22H2. The molecule has 0 saturated carbocycles. The van der Waals surface area contributed by atoms with Gasteiger partial charge in [0.15, 0.2) is 0 Å². The van der Waals surface area contributed by atoms with Gasteiger partial charge in [0.1, 0.15) is 0 Å². The highest BCUT2D eigenvalue weighted by atomic mass is 35.5. The fourth-order valence-electron chi connectivity index (χ4n) is 1.86. The van der Waals surface area contributed by atoms with E-state index in [9.17, 15) is 0 Å². The van der Waals surface area contributed by atoms with Gasteiger partial charge in [-0.15, -0.1) is 0 Å². The maximum absolute atomic E-state index is 6.05. The van der Waals surface area contributed by atoms with Crippen molar-refractivity contribution < 1.29 is 0 Å². The molecule has 2 aromatic rings. The lowest BCUT2D eigenvalue weighted by Gasteiger charge is -2.09. The molecule has 2 rings (SSSR count). The third kappa shape index (κ3) is 4.04. The molecule has 0 unspecified atom stereocenters. The molecule has 0 aromatic heterocycles. The van der Waals surface area contributed by atoms with Gasteiger partial charge in [-0.25, -0.2) is 0 Å². The van der Waals surface area contributed by atoms with Gasteiger partial charge in [-0.3, -0.25) is 0 Å². The van der Waals surface area contributed by atoms with E-state index in [2.05, 4.69) is 0 Å². The fraction of sp³-hybridized carbons (Fsp3) is 0.0667. The van der Waals surface area contributed by atoms with Gasteiger partial charge in [-0.1, -0.05) is 69.6 Å². The molecule has 0 bridgehead atoms. The molecule has 0 fully saturated rings. The summed E-state index contributed by atoms with van der Waals surface area (Å²) in [6, 6.07) is 6.80. The lowest BCUT2D eigenvalue weighted by Crippen LogP contribution is -2.02. The van der Waals surface area contributed by atoms with E-state index in [0.29, 0.717) is 30.1 Å². The molecule has 0 aliphatic heterocycles. The van der Waals surface area contributed by atoms with Crippen molar-refractivity contribution >= 4 is 81.3 Å². The lowest BCUT2D eigenvalue weighted by atomic mass is 10.0. The van der Waals surface area contributed by atoms with Crippen molar-refractivity contribution in [3.05, 3.63) is 65.5 Å². The third-order valence-corrected chi connectivity index (χ3v) is 5.32. The number of hydrogen-bond donors (Lipinski definition) is 1. The number of benzene rings is 2. The zero-order chi connectivity index (χ0) is 16.4. The molecule has 0 radical (unpaired) electrons. The predicted molar refractivity (Wildman–Crippen MR) is 99.9 cm³/mol. The van der Waals surface area contributed by atoms with Crippen molar-refractivity contribution in [3.8, 4) is 0 Å². The molecule has 7 heteroatoms. The third-order valence-electron chi connectivity index (χ3n) is 2.92. The molecular weight excluding hydrogens is 407 g/mol. The van der Waals surface area contributed by atoms with E-state index >= 15 is 0 Å². The Bertz CT molecular complexity index is 708. The normalized spacial score (nSPS) is 11.9. The van der Waals surface area contributed by atoms with E-state index in [1.54, 1.807) is 24.3 Å². The van der Waals surface area contributed by atoms with E-state index < -0.39 is 0 Å². The summed E-state index contributed by atoms with van der Waals surface area (Å²) in [6.07, 6.45) is 1.84. The first-order chi connectivity index (χ1) is 10.3. The summed E-state index contributed by atoms with van der Waals surface area (Å²) in [5, 5.41) is 2.06. The molecule has 0 atom stereocenters. The average molecular weight is 416 g/mol. The summed E-state index contributed by atoms with van der Waals surface area (Å²) >= 11 is 36.0. The van der Waals surface area contributed by atoms with Crippen molar-refractivity contribution in [2.24, 2.45) is 5.73 Å². The SMILES string of the molecule is NCC(=Cc1cc(Cl)c(Cl)c(Cl)c1)c1cc(Cl)c(Cl)c(Cl)c1. The van der Waals surface area contributed by atoms with Crippen LogP contribution in [0.5, 0.6) is 0 Å². The molecule has 0 spiro atoms. The van der Waals surface area contributed by atoms with E-state index in [0.717, 1.165) is 16.7 Å². The lowest BCUT2D eigenvalue weighted by molar-refractivity contribution is 1.27. The van der Waals surface area contributed by atoms with Crippen LogP contribution in [0.3, 0.4) is 0 Å². The minimum absolute atomic E-state index is 0.270. The summed E-state index contributed by atoms with van der Waals surface area (Å²) in [7, 11) is 0. The summed E-state index contributed by atoms with van der Waals surface area (Å²) in [5.41, 5.74) is 8.15. The van der Waals surface area contributed by atoms with Gasteiger partial charge in [0.05, 0.1) is 30.1 Å². The predicted octanol–water partition coefficient (Wildman–Crippen LogP) is 7.11. The van der Waals surface area contributed by atoms with Crippen LogP contribution >= 0.6 is 69.6 Å². The number of rotatable bonds is 3. The second kappa shape index (κ2) is 7.63. The maximum atomic E-state index is 6.05. The zero-order valence-corrected chi connectivity index (χ0v) is 15.5. The van der Waals surface area contributed by atoms with Crippen LogP contribution in [0.4, 0.5) is 0 Å². The van der Waals surface area contributed by atoms with Crippen molar-refractivity contribution in [2.45, 2.75) is 0 Å². The van der Waals surface area contributed by atoms with Crippen molar-refractivity contribution in [2.75, 3.05) is 6.54 Å². The van der Waals surface area contributed by atoms with Crippen molar-refractivity contribution in [1.29, 1.82) is 0 Å². The first-order valence-corrected chi connectivity index (χ1v) is 8.30. The van der Waals surface area contributed by atoms with Crippen LogP contribution in [0.15, 0.2) is 24.3 Å². The van der Waals surface area contributed by atoms with Crippen LogP contribution < -0.4 is 5.73 Å². The van der Waals surface area contributed by atoms with Gasteiger partial charge in [0.2, 0.25) is 0 Å². The summed E-state index contributed by atoms with van der Waals surface area (Å²) in [4.78, 5) is 0. The Hall–Kier alpha value is -0.120. The first-order valence-electron chi connectivity index (χ1n) is 6.03. The molecule has 0 aliphatic rings. The van der Waals surface area contributed by atoms with Crippen LogP contribution in [-0.2, 0) is 0 Å². The van der Waals surface area contributed by atoms with Gasteiger partial charge in [-0.2, -0.15) is 0 Å². The minimum Gasteiger partial charge on any atom is -0.326 e. The van der Waals surface area contributed by atoms with Crippen LogP contribution in [0.25, 0.3) is 11.6 Å². The summed E-state index contributed by atoms with van der Waals surface area (Å²) in [5.74, 6) is 0. The Labute approximate surface area is 158 Å². The van der Waals surface area contributed by atoms with Crippen LogP contribution in [0, 0.1) is 0 Å². The zero-order valence-electron chi connectivity index (χ0n) is 10.9. The molecule has 2 aromatic carbocycles. The minimum atomic E-state index is 0.270. The molecule has 116 valence electrons. The smallest absolute Gasteiger partial charge is 0.0778 e. The van der Waals surface area contributed by atoms with Gasteiger partial charge >= 0.3 is 0 Å². The van der Waals surface area contributed by atoms with Gasteiger partial charge in [0, 0.05) is 6.54 Å². The Morgan fingerprint density at radius 3 is 1.59 bits per heavy atom.